The van der Waals surface area contributed by atoms with Crippen molar-refractivity contribution < 1.29 is 18.7 Å². The Hall–Kier alpha value is -3.75. The van der Waals surface area contributed by atoms with Gasteiger partial charge in [-0.25, -0.2) is 9.37 Å². The zero-order chi connectivity index (χ0) is 22.0. The van der Waals surface area contributed by atoms with E-state index in [-0.39, 0.29) is 48.8 Å². The summed E-state index contributed by atoms with van der Waals surface area (Å²) in [6.45, 7) is 0.643. The van der Waals surface area contributed by atoms with Gasteiger partial charge in [-0.3, -0.25) is 19.0 Å². The second-order valence-corrected chi connectivity index (χ2v) is 7.30. The maximum atomic E-state index is 13.4. The van der Waals surface area contributed by atoms with Gasteiger partial charge >= 0.3 is 0 Å². The van der Waals surface area contributed by atoms with Crippen molar-refractivity contribution in [1.29, 1.82) is 0 Å². The number of methoxy groups -OCH3 is 1. The SMILES string of the molecule is COc1cccc(N2C[C@H](C(=O)NCCn3cnc4ccc(F)cc4c3=O)CC2=O)c1. The van der Waals surface area contributed by atoms with Gasteiger partial charge in [-0.2, -0.15) is 0 Å². The Labute approximate surface area is 177 Å². The lowest BCUT2D eigenvalue weighted by Gasteiger charge is -2.17. The van der Waals surface area contributed by atoms with E-state index in [0.29, 0.717) is 17.0 Å². The molecule has 4 rings (SSSR count). The number of hydrogen-bond donors (Lipinski definition) is 1. The number of fused-ring (bicyclic) bond motifs is 1. The van der Waals surface area contributed by atoms with E-state index in [1.807, 2.05) is 0 Å². The normalized spacial score (nSPS) is 16.0. The van der Waals surface area contributed by atoms with Crippen molar-refractivity contribution in [3.05, 3.63) is 65.0 Å². The fraction of sp³-hybridized carbons (Fsp3) is 0.273. The third kappa shape index (κ3) is 4.25. The molecule has 0 aliphatic carbocycles. The summed E-state index contributed by atoms with van der Waals surface area (Å²) in [5.74, 6) is -0.757. The van der Waals surface area contributed by atoms with E-state index in [9.17, 15) is 18.8 Å². The van der Waals surface area contributed by atoms with Crippen LogP contribution in [-0.2, 0) is 16.1 Å². The highest BCUT2D eigenvalue weighted by Gasteiger charge is 2.35. The average molecular weight is 424 g/mol. The molecule has 2 aromatic carbocycles. The fourth-order valence-electron chi connectivity index (χ4n) is 3.65. The van der Waals surface area contributed by atoms with E-state index in [0.717, 1.165) is 6.07 Å². The number of carbonyl (C=O) groups excluding carboxylic acids is 2. The first-order valence-corrected chi connectivity index (χ1v) is 9.83. The first kappa shape index (κ1) is 20.5. The van der Waals surface area contributed by atoms with Crippen LogP contribution in [0, 0.1) is 11.7 Å². The molecule has 160 valence electrons. The van der Waals surface area contributed by atoms with Crippen LogP contribution >= 0.6 is 0 Å². The topological polar surface area (TPSA) is 93.5 Å². The summed E-state index contributed by atoms with van der Waals surface area (Å²) in [5, 5.41) is 2.96. The number of carbonyl (C=O) groups is 2. The Bertz CT molecular complexity index is 1210. The molecule has 0 spiro atoms. The molecule has 0 bridgehead atoms. The van der Waals surface area contributed by atoms with Gasteiger partial charge < -0.3 is 15.0 Å². The van der Waals surface area contributed by atoms with Crippen LogP contribution < -0.4 is 20.5 Å². The van der Waals surface area contributed by atoms with Gasteiger partial charge in [0, 0.05) is 37.8 Å². The Morgan fingerprint density at radius 2 is 2.10 bits per heavy atom. The third-order valence-corrected chi connectivity index (χ3v) is 5.30. The second-order valence-electron chi connectivity index (χ2n) is 7.30. The van der Waals surface area contributed by atoms with E-state index >= 15 is 0 Å². The Balaban J connectivity index is 1.37. The number of nitrogens with one attached hydrogen (secondary N) is 1. The first-order valence-electron chi connectivity index (χ1n) is 9.83. The van der Waals surface area contributed by atoms with E-state index in [1.165, 1.54) is 23.0 Å². The minimum atomic E-state index is -0.510. The molecule has 0 radical (unpaired) electrons. The molecule has 8 nitrogen and oxygen atoms in total. The number of rotatable bonds is 6. The van der Waals surface area contributed by atoms with E-state index in [1.54, 1.807) is 36.3 Å². The molecule has 0 saturated carbocycles. The van der Waals surface area contributed by atoms with Crippen LogP contribution in [0.2, 0.25) is 0 Å². The number of amides is 2. The summed E-state index contributed by atoms with van der Waals surface area (Å²) >= 11 is 0. The number of anilines is 1. The highest BCUT2D eigenvalue weighted by molar-refractivity contribution is 6.00. The summed E-state index contributed by atoms with van der Waals surface area (Å²) in [5.41, 5.74) is 0.716. The van der Waals surface area contributed by atoms with Crippen molar-refractivity contribution in [3.63, 3.8) is 0 Å². The highest BCUT2D eigenvalue weighted by Crippen LogP contribution is 2.27. The second kappa shape index (κ2) is 8.55. The predicted molar refractivity (Wildman–Crippen MR) is 112 cm³/mol. The molecule has 1 aliphatic rings. The summed E-state index contributed by atoms with van der Waals surface area (Å²) in [6, 6.07) is 11.0. The number of hydrogen-bond acceptors (Lipinski definition) is 5. The number of halogens is 1. The molecular formula is C22H21FN4O4. The molecular weight excluding hydrogens is 403 g/mol. The van der Waals surface area contributed by atoms with Crippen molar-refractivity contribution in [2.75, 3.05) is 25.1 Å². The van der Waals surface area contributed by atoms with Gasteiger partial charge in [-0.1, -0.05) is 6.07 Å². The monoisotopic (exact) mass is 424 g/mol. The first-order chi connectivity index (χ1) is 15.0. The Morgan fingerprint density at radius 1 is 1.26 bits per heavy atom. The van der Waals surface area contributed by atoms with Crippen LogP contribution in [0.15, 0.2) is 53.6 Å². The number of ether oxygens (including phenoxy) is 1. The van der Waals surface area contributed by atoms with Gasteiger partial charge in [0.25, 0.3) is 5.56 Å². The summed E-state index contributed by atoms with van der Waals surface area (Å²) in [4.78, 5) is 43.2. The van der Waals surface area contributed by atoms with Crippen molar-refractivity contribution in [2.24, 2.45) is 5.92 Å². The standard InChI is InChI=1S/C22H21FN4O4/c1-31-17-4-2-3-16(11-17)27-12-14(9-20(27)28)21(29)24-7-8-26-13-25-19-6-5-15(23)10-18(19)22(26)30/h2-6,10-11,13-14H,7-9,12H2,1H3,(H,24,29)/t14-/m1/s1. The lowest BCUT2D eigenvalue weighted by atomic mass is 10.1. The Kier molecular flexibility index (Phi) is 5.66. The van der Waals surface area contributed by atoms with Crippen LogP contribution in [0.25, 0.3) is 10.9 Å². The van der Waals surface area contributed by atoms with Gasteiger partial charge in [0.1, 0.15) is 11.6 Å². The minimum absolute atomic E-state index is 0.111. The van der Waals surface area contributed by atoms with Crippen molar-refractivity contribution in [3.8, 4) is 5.75 Å². The number of benzene rings is 2. The molecule has 1 saturated heterocycles. The number of aromatic nitrogens is 2. The molecule has 1 aromatic heterocycles. The van der Waals surface area contributed by atoms with Gasteiger partial charge in [0.2, 0.25) is 11.8 Å². The quantitative estimate of drug-likeness (QED) is 0.650. The maximum Gasteiger partial charge on any atom is 0.261 e. The molecule has 1 N–H and O–H groups in total. The van der Waals surface area contributed by atoms with E-state index in [4.69, 9.17) is 4.74 Å². The molecule has 31 heavy (non-hydrogen) atoms. The van der Waals surface area contributed by atoms with Crippen LogP contribution in [0.3, 0.4) is 0 Å². The molecule has 1 aliphatic heterocycles. The molecule has 3 aromatic rings. The molecule has 9 heteroatoms. The van der Waals surface area contributed by atoms with E-state index in [2.05, 4.69) is 10.3 Å². The van der Waals surface area contributed by atoms with Gasteiger partial charge in [0.15, 0.2) is 0 Å². The third-order valence-electron chi connectivity index (χ3n) is 5.30. The van der Waals surface area contributed by atoms with Crippen molar-refractivity contribution in [1.82, 2.24) is 14.9 Å². The zero-order valence-electron chi connectivity index (χ0n) is 16.9. The van der Waals surface area contributed by atoms with E-state index < -0.39 is 11.7 Å². The largest absolute Gasteiger partial charge is 0.497 e. The molecule has 2 heterocycles. The smallest absolute Gasteiger partial charge is 0.261 e. The zero-order valence-corrected chi connectivity index (χ0v) is 16.9. The molecule has 1 fully saturated rings. The molecule has 1 atom stereocenters. The predicted octanol–water partition coefficient (Wildman–Crippen LogP) is 1.71. The summed E-state index contributed by atoms with van der Waals surface area (Å²) in [6.07, 6.45) is 1.48. The van der Waals surface area contributed by atoms with Crippen LogP contribution in [0.1, 0.15) is 6.42 Å². The van der Waals surface area contributed by atoms with Crippen LogP contribution in [0.4, 0.5) is 10.1 Å². The molecule has 0 unspecified atom stereocenters. The average Bonchev–Trinajstić information content (AvgIpc) is 3.17. The lowest BCUT2D eigenvalue weighted by Crippen LogP contribution is -2.36. The van der Waals surface area contributed by atoms with Gasteiger partial charge in [-0.15, -0.1) is 0 Å². The van der Waals surface area contributed by atoms with Crippen molar-refractivity contribution >= 4 is 28.4 Å². The minimum Gasteiger partial charge on any atom is -0.497 e. The van der Waals surface area contributed by atoms with Crippen LogP contribution in [-0.4, -0.2) is 41.6 Å². The van der Waals surface area contributed by atoms with Crippen molar-refractivity contribution in [2.45, 2.75) is 13.0 Å². The summed E-state index contributed by atoms with van der Waals surface area (Å²) < 4.78 is 20.0. The Morgan fingerprint density at radius 3 is 2.90 bits per heavy atom. The fourth-order valence-corrected chi connectivity index (χ4v) is 3.65. The highest BCUT2D eigenvalue weighted by atomic mass is 19.1. The molecule has 2 amide bonds. The number of nitrogens with zero attached hydrogens (tertiary/aromatic N) is 3. The summed E-state index contributed by atoms with van der Waals surface area (Å²) in [7, 11) is 1.55. The lowest BCUT2D eigenvalue weighted by molar-refractivity contribution is -0.126. The van der Waals surface area contributed by atoms with Gasteiger partial charge in [-0.05, 0) is 30.3 Å². The maximum absolute atomic E-state index is 13.4. The van der Waals surface area contributed by atoms with Gasteiger partial charge in [0.05, 0.1) is 30.3 Å². The van der Waals surface area contributed by atoms with Crippen LogP contribution in [0.5, 0.6) is 5.75 Å².